The van der Waals surface area contributed by atoms with E-state index in [0.29, 0.717) is 19.0 Å². The minimum absolute atomic E-state index is 0.00804. The number of carbonyl (C=O) groups excluding carboxylic acids is 1. The van der Waals surface area contributed by atoms with Crippen molar-refractivity contribution in [3.63, 3.8) is 0 Å². The fourth-order valence-electron chi connectivity index (χ4n) is 2.23. The molecule has 1 fully saturated rings. The summed E-state index contributed by atoms with van der Waals surface area (Å²) in [5.41, 5.74) is -0.488. The van der Waals surface area contributed by atoms with Crippen LogP contribution in [-0.2, 0) is 4.74 Å². The van der Waals surface area contributed by atoms with Crippen LogP contribution < -0.4 is 0 Å². The molecular weight excluding hydrogens is 318 g/mol. The highest BCUT2D eigenvalue weighted by Gasteiger charge is 2.29. The Morgan fingerprint density at radius 3 is 2.83 bits per heavy atom. The summed E-state index contributed by atoms with van der Waals surface area (Å²) in [7, 11) is 0. The molecule has 0 spiro atoms. The lowest BCUT2D eigenvalue weighted by molar-refractivity contribution is -0.385. The number of carbonyl (C=O) groups is 1. The van der Waals surface area contributed by atoms with E-state index in [1.807, 2.05) is 20.8 Å². The molecule has 1 atom stereocenters. The molecular formula is C15H21N3O4S. The quantitative estimate of drug-likeness (QED) is 0.475. The summed E-state index contributed by atoms with van der Waals surface area (Å²) >= 11 is 1.55. The molecule has 1 saturated heterocycles. The third kappa shape index (κ3) is 5.38. The van der Waals surface area contributed by atoms with Gasteiger partial charge >= 0.3 is 6.09 Å². The second-order valence-corrected chi connectivity index (χ2v) is 7.54. The molecule has 0 saturated carbocycles. The van der Waals surface area contributed by atoms with Gasteiger partial charge in [0.25, 0.3) is 5.69 Å². The lowest BCUT2D eigenvalue weighted by atomic mass is 10.2. The van der Waals surface area contributed by atoms with Gasteiger partial charge in [0.05, 0.1) is 9.95 Å². The van der Waals surface area contributed by atoms with Crippen LogP contribution in [0.1, 0.15) is 27.2 Å². The largest absolute Gasteiger partial charge is 0.444 e. The van der Waals surface area contributed by atoms with Crippen molar-refractivity contribution in [3.8, 4) is 0 Å². The average Bonchev–Trinajstić information content (AvgIpc) is 2.93. The van der Waals surface area contributed by atoms with E-state index in [-0.39, 0.29) is 11.8 Å². The Balaban J connectivity index is 1.79. The van der Waals surface area contributed by atoms with Crippen LogP contribution in [0.25, 0.3) is 0 Å². The topological polar surface area (TPSA) is 85.6 Å². The van der Waals surface area contributed by atoms with Crippen LogP contribution >= 0.6 is 11.8 Å². The number of nitrogens with zero attached hydrogens (tertiary/aromatic N) is 3. The van der Waals surface area contributed by atoms with Crippen LogP contribution in [0, 0.1) is 16.0 Å². The highest BCUT2D eigenvalue weighted by Crippen LogP contribution is 2.26. The van der Waals surface area contributed by atoms with Crippen molar-refractivity contribution in [1.82, 2.24) is 9.88 Å². The molecule has 1 aromatic heterocycles. The Hall–Kier alpha value is -1.83. The van der Waals surface area contributed by atoms with Gasteiger partial charge in [-0.3, -0.25) is 10.1 Å². The maximum absolute atomic E-state index is 12.0. The molecule has 1 aromatic rings. The molecule has 8 heteroatoms. The van der Waals surface area contributed by atoms with Gasteiger partial charge in [-0.25, -0.2) is 9.78 Å². The number of nitro groups is 1. The van der Waals surface area contributed by atoms with Gasteiger partial charge in [-0.05, 0) is 39.2 Å². The number of thioether (sulfide) groups is 1. The van der Waals surface area contributed by atoms with E-state index < -0.39 is 10.5 Å². The molecule has 126 valence electrons. The zero-order valence-electron chi connectivity index (χ0n) is 13.5. The fourth-order valence-corrected chi connectivity index (χ4v) is 3.20. The molecule has 0 N–H and O–H groups in total. The van der Waals surface area contributed by atoms with Crippen molar-refractivity contribution in [1.29, 1.82) is 0 Å². The monoisotopic (exact) mass is 339 g/mol. The van der Waals surface area contributed by atoms with Gasteiger partial charge in [0.1, 0.15) is 11.8 Å². The second-order valence-electron chi connectivity index (χ2n) is 6.50. The summed E-state index contributed by atoms with van der Waals surface area (Å²) in [6, 6.07) is 3.11. The Morgan fingerprint density at radius 2 is 2.26 bits per heavy atom. The Morgan fingerprint density at radius 1 is 1.52 bits per heavy atom. The lowest BCUT2D eigenvalue weighted by Gasteiger charge is -2.24. The molecule has 0 unspecified atom stereocenters. The minimum atomic E-state index is -0.480. The van der Waals surface area contributed by atoms with E-state index in [4.69, 9.17) is 4.74 Å². The Kier molecular flexibility index (Phi) is 5.46. The number of rotatable bonds is 4. The highest BCUT2D eigenvalue weighted by atomic mass is 32.2. The maximum atomic E-state index is 12.0. The van der Waals surface area contributed by atoms with Crippen LogP contribution in [0.2, 0.25) is 0 Å². The molecule has 0 aromatic carbocycles. The summed E-state index contributed by atoms with van der Waals surface area (Å²) in [5, 5.41) is 11.3. The van der Waals surface area contributed by atoms with E-state index in [1.165, 1.54) is 12.3 Å². The maximum Gasteiger partial charge on any atom is 0.410 e. The summed E-state index contributed by atoms with van der Waals surface area (Å²) < 4.78 is 5.37. The van der Waals surface area contributed by atoms with Crippen LogP contribution in [-0.4, -0.2) is 45.3 Å². The number of ether oxygens (including phenoxy) is 1. The van der Waals surface area contributed by atoms with Gasteiger partial charge in [-0.2, -0.15) is 0 Å². The van der Waals surface area contributed by atoms with Crippen molar-refractivity contribution in [2.45, 2.75) is 37.8 Å². The summed E-state index contributed by atoms with van der Waals surface area (Å²) in [4.78, 5) is 27.9. The number of hydrogen-bond acceptors (Lipinski definition) is 6. The predicted octanol–water partition coefficient (Wildman–Crippen LogP) is 3.34. The first-order valence-corrected chi connectivity index (χ1v) is 8.44. The number of likely N-dealkylation sites (tertiary alicyclic amines) is 1. The number of aromatic nitrogens is 1. The third-order valence-electron chi connectivity index (χ3n) is 3.34. The average molecular weight is 339 g/mol. The summed E-state index contributed by atoms with van der Waals surface area (Å²) in [5.74, 6) is 1.20. The van der Waals surface area contributed by atoms with E-state index in [1.54, 1.807) is 22.7 Å². The smallest absolute Gasteiger partial charge is 0.410 e. The van der Waals surface area contributed by atoms with E-state index >= 15 is 0 Å². The van der Waals surface area contributed by atoms with Crippen molar-refractivity contribution in [2.24, 2.45) is 5.92 Å². The first-order valence-electron chi connectivity index (χ1n) is 7.46. The molecule has 23 heavy (non-hydrogen) atoms. The van der Waals surface area contributed by atoms with Gasteiger partial charge in [-0.15, -0.1) is 11.8 Å². The van der Waals surface area contributed by atoms with Crippen molar-refractivity contribution >= 4 is 23.5 Å². The number of pyridine rings is 1. The van der Waals surface area contributed by atoms with E-state index in [0.717, 1.165) is 17.2 Å². The zero-order chi connectivity index (χ0) is 17.0. The molecule has 7 nitrogen and oxygen atoms in total. The number of amides is 1. The SMILES string of the molecule is CC(C)(C)OC(=O)N1CC[C@@H](CSc2ccc([N+](=O)[O-])cn2)C1. The molecule has 1 aliphatic rings. The first kappa shape index (κ1) is 17.5. The molecule has 1 aliphatic heterocycles. The minimum Gasteiger partial charge on any atom is -0.444 e. The van der Waals surface area contributed by atoms with Gasteiger partial charge in [0, 0.05) is 24.9 Å². The molecule has 2 rings (SSSR count). The number of hydrogen-bond donors (Lipinski definition) is 0. The normalized spacial score (nSPS) is 18.0. The standard InChI is InChI=1S/C15H21N3O4S/c1-15(2,3)22-14(19)17-7-6-11(9-17)10-23-13-5-4-12(8-16-13)18(20)21/h4-5,8,11H,6-7,9-10H2,1-3H3/t11-/m1/s1. The van der Waals surface area contributed by atoms with Crippen LogP contribution in [0.3, 0.4) is 0 Å². The van der Waals surface area contributed by atoms with Crippen LogP contribution in [0.5, 0.6) is 0 Å². The van der Waals surface area contributed by atoms with Gasteiger partial charge in [-0.1, -0.05) is 0 Å². The molecule has 0 bridgehead atoms. The summed E-state index contributed by atoms with van der Waals surface area (Å²) in [6.45, 7) is 6.94. The van der Waals surface area contributed by atoms with Gasteiger partial charge in [0.2, 0.25) is 0 Å². The first-order chi connectivity index (χ1) is 10.7. The molecule has 1 amide bonds. The molecule has 0 radical (unpaired) electrons. The molecule has 0 aliphatic carbocycles. The van der Waals surface area contributed by atoms with Crippen molar-refractivity contribution in [2.75, 3.05) is 18.8 Å². The molecule has 2 heterocycles. The van der Waals surface area contributed by atoms with Crippen molar-refractivity contribution < 1.29 is 14.5 Å². The third-order valence-corrected chi connectivity index (χ3v) is 4.51. The van der Waals surface area contributed by atoms with E-state index in [9.17, 15) is 14.9 Å². The second kappa shape index (κ2) is 7.16. The Bertz CT molecular complexity index is 571. The summed E-state index contributed by atoms with van der Waals surface area (Å²) in [6.07, 6.45) is 1.93. The van der Waals surface area contributed by atoms with Crippen molar-refractivity contribution in [3.05, 3.63) is 28.4 Å². The zero-order valence-corrected chi connectivity index (χ0v) is 14.3. The van der Waals surface area contributed by atoms with Gasteiger partial charge in [0.15, 0.2) is 0 Å². The predicted molar refractivity (Wildman–Crippen MR) is 87.5 cm³/mol. The lowest BCUT2D eigenvalue weighted by Crippen LogP contribution is -2.35. The van der Waals surface area contributed by atoms with E-state index in [2.05, 4.69) is 4.98 Å². The Labute approximate surface area is 139 Å². The van der Waals surface area contributed by atoms with Crippen LogP contribution in [0.4, 0.5) is 10.5 Å². The fraction of sp³-hybridized carbons (Fsp3) is 0.600. The van der Waals surface area contributed by atoms with Gasteiger partial charge < -0.3 is 9.64 Å². The van der Waals surface area contributed by atoms with Crippen LogP contribution in [0.15, 0.2) is 23.4 Å². The highest BCUT2D eigenvalue weighted by molar-refractivity contribution is 7.99.